The van der Waals surface area contributed by atoms with Crippen molar-refractivity contribution in [3.63, 3.8) is 0 Å². The lowest BCUT2D eigenvalue weighted by Crippen LogP contribution is -2.28. The van der Waals surface area contributed by atoms with Crippen molar-refractivity contribution in [2.24, 2.45) is 0 Å². The minimum absolute atomic E-state index is 0.206. The van der Waals surface area contributed by atoms with Crippen LogP contribution in [-0.4, -0.2) is 0 Å². The molecule has 0 fully saturated rings. The lowest BCUT2D eigenvalue weighted by Gasteiger charge is -2.35. The van der Waals surface area contributed by atoms with Gasteiger partial charge in [0.25, 0.3) is 0 Å². The molecule has 0 amide bonds. The summed E-state index contributed by atoms with van der Waals surface area (Å²) in [4.78, 5) is 2.55. The Hall–Kier alpha value is -7.74. The topological polar surface area (TPSA) is 3.24 Å². The summed E-state index contributed by atoms with van der Waals surface area (Å²) in [6.45, 7) is 4.80. The third-order valence-electron chi connectivity index (χ3n) is 13.9. The summed E-state index contributed by atoms with van der Waals surface area (Å²) in [7, 11) is 0. The van der Waals surface area contributed by atoms with E-state index in [1.54, 1.807) is 0 Å². The molecule has 2 aliphatic carbocycles. The quantitative estimate of drug-likeness (QED) is 0.155. The molecule has 0 aromatic heterocycles. The van der Waals surface area contributed by atoms with Crippen molar-refractivity contribution in [3.05, 3.63) is 270 Å². The molecule has 0 radical (unpaired) electrons. The molecule has 0 aliphatic heterocycles. The minimum Gasteiger partial charge on any atom is -0.310 e. The zero-order valence-electron chi connectivity index (χ0n) is 35.5. The van der Waals surface area contributed by atoms with E-state index >= 15 is 0 Å². The Morgan fingerprint density at radius 3 is 1.60 bits per heavy atom. The van der Waals surface area contributed by atoms with Gasteiger partial charge in [0.1, 0.15) is 0 Å². The number of fused-ring (bicyclic) bond motifs is 8. The predicted molar refractivity (Wildman–Crippen MR) is 264 cm³/mol. The maximum absolute atomic E-state index is 2.55. The molecule has 10 aromatic carbocycles. The molecule has 0 atom stereocenters. The number of nitrogens with zero attached hydrogens (tertiary/aromatic N) is 1. The second-order valence-electron chi connectivity index (χ2n) is 17.6. The van der Waals surface area contributed by atoms with Crippen molar-refractivity contribution in [2.75, 3.05) is 4.90 Å². The third kappa shape index (κ3) is 5.63. The Morgan fingerprint density at radius 2 is 0.873 bits per heavy atom. The first-order valence-electron chi connectivity index (χ1n) is 22.1. The number of hydrogen-bond acceptors (Lipinski definition) is 1. The van der Waals surface area contributed by atoms with Gasteiger partial charge < -0.3 is 4.90 Å². The Balaban J connectivity index is 1.16. The van der Waals surface area contributed by atoms with Gasteiger partial charge in [-0.25, -0.2) is 0 Å². The van der Waals surface area contributed by atoms with Crippen LogP contribution in [0.5, 0.6) is 0 Å². The maximum Gasteiger partial charge on any atom is 0.0714 e. The first kappa shape index (κ1) is 37.1. The fourth-order valence-corrected chi connectivity index (χ4v) is 11.1. The van der Waals surface area contributed by atoms with Gasteiger partial charge >= 0.3 is 0 Å². The molecule has 2 aliphatic rings. The van der Waals surface area contributed by atoms with Crippen LogP contribution in [0.1, 0.15) is 47.2 Å². The standard InChI is InChI=1S/C62H45N/c1-61(2)55-34-16-15-33-54(55)59-58(40-46-22-12-13-31-51(46)60(59)61)63(49-30-19-25-45(39-49)44-24-18-23-43(38-44)42-20-6-3-7-21-42)50-36-37-53-52-32-14-17-35-56(52)62(57(53)41-50,47-26-8-4-9-27-47)48-28-10-5-11-29-48/h3-41H,1-2H3. The molecule has 0 saturated heterocycles. The van der Waals surface area contributed by atoms with Crippen LogP contribution < -0.4 is 4.90 Å². The van der Waals surface area contributed by atoms with Crippen molar-refractivity contribution in [1.29, 1.82) is 0 Å². The van der Waals surface area contributed by atoms with Gasteiger partial charge in [-0.2, -0.15) is 0 Å². The molecule has 0 unspecified atom stereocenters. The van der Waals surface area contributed by atoms with E-state index in [9.17, 15) is 0 Å². The van der Waals surface area contributed by atoms with Crippen LogP contribution in [0.2, 0.25) is 0 Å². The van der Waals surface area contributed by atoms with Crippen molar-refractivity contribution >= 4 is 27.8 Å². The van der Waals surface area contributed by atoms with Crippen LogP contribution in [0, 0.1) is 0 Å². The van der Waals surface area contributed by atoms with Gasteiger partial charge in [0, 0.05) is 22.4 Å². The largest absolute Gasteiger partial charge is 0.310 e. The summed E-state index contributed by atoms with van der Waals surface area (Å²) >= 11 is 0. The molecule has 0 N–H and O–H groups in total. The highest BCUT2D eigenvalue weighted by molar-refractivity contribution is 6.06. The molecule has 0 saturated carbocycles. The lowest BCUT2D eigenvalue weighted by atomic mass is 9.67. The molecular weight excluding hydrogens is 759 g/mol. The Bertz CT molecular complexity index is 3320. The second-order valence-corrected chi connectivity index (χ2v) is 17.6. The van der Waals surface area contributed by atoms with Crippen molar-refractivity contribution < 1.29 is 0 Å². The summed E-state index contributed by atoms with van der Waals surface area (Å²) in [6, 6.07) is 87.8. The molecule has 10 aromatic rings. The van der Waals surface area contributed by atoms with E-state index in [-0.39, 0.29) is 5.41 Å². The molecular formula is C62H45N. The highest BCUT2D eigenvalue weighted by atomic mass is 15.1. The van der Waals surface area contributed by atoms with Crippen molar-refractivity contribution in [2.45, 2.75) is 24.7 Å². The van der Waals surface area contributed by atoms with Crippen LogP contribution >= 0.6 is 0 Å². The molecule has 12 rings (SSSR count). The highest BCUT2D eigenvalue weighted by Crippen LogP contribution is 2.60. The third-order valence-corrected chi connectivity index (χ3v) is 13.9. The van der Waals surface area contributed by atoms with Crippen LogP contribution in [0.3, 0.4) is 0 Å². The molecule has 0 heterocycles. The van der Waals surface area contributed by atoms with Crippen LogP contribution in [-0.2, 0) is 10.8 Å². The van der Waals surface area contributed by atoms with Crippen LogP contribution in [0.4, 0.5) is 17.1 Å². The van der Waals surface area contributed by atoms with E-state index in [1.165, 1.54) is 94.3 Å². The van der Waals surface area contributed by atoms with Crippen molar-refractivity contribution in [3.8, 4) is 44.5 Å². The van der Waals surface area contributed by atoms with E-state index < -0.39 is 5.41 Å². The summed E-state index contributed by atoms with van der Waals surface area (Å²) in [5, 5.41) is 2.54. The van der Waals surface area contributed by atoms with Crippen LogP contribution in [0.25, 0.3) is 55.3 Å². The number of rotatable bonds is 7. The summed E-state index contributed by atoms with van der Waals surface area (Å²) < 4.78 is 0. The van der Waals surface area contributed by atoms with Crippen LogP contribution in [0.15, 0.2) is 237 Å². The fourth-order valence-electron chi connectivity index (χ4n) is 11.1. The monoisotopic (exact) mass is 803 g/mol. The molecule has 1 nitrogen and oxygen atoms in total. The predicted octanol–water partition coefficient (Wildman–Crippen LogP) is 16.3. The summed E-state index contributed by atoms with van der Waals surface area (Å²) in [6.07, 6.45) is 0. The van der Waals surface area contributed by atoms with Gasteiger partial charge in [-0.1, -0.05) is 214 Å². The number of hydrogen-bond donors (Lipinski definition) is 0. The normalized spacial score (nSPS) is 13.8. The van der Waals surface area contributed by atoms with Gasteiger partial charge in [0.2, 0.25) is 0 Å². The zero-order chi connectivity index (χ0) is 42.1. The van der Waals surface area contributed by atoms with E-state index in [1.807, 2.05) is 0 Å². The Morgan fingerprint density at radius 1 is 0.349 bits per heavy atom. The summed E-state index contributed by atoms with van der Waals surface area (Å²) in [5.41, 5.74) is 20.4. The average Bonchev–Trinajstić information content (AvgIpc) is 3.78. The van der Waals surface area contributed by atoms with Gasteiger partial charge in [-0.15, -0.1) is 0 Å². The second kappa shape index (κ2) is 14.4. The molecule has 1 heteroatoms. The van der Waals surface area contributed by atoms with Gasteiger partial charge in [-0.05, 0) is 119 Å². The van der Waals surface area contributed by atoms with E-state index in [4.69, 9.17) is 0 Å². The maximum atomic E-state index is 2.55. The molecule has 0 spiro atoms. The smallest absolute Gasteiger partial charge is 0.0714 e. The number of anilines is 3. The SMILES string of the molecule is CC1(C)c2ccccc2-c2c(N(c3cccc(-c4cccc(-c5ccccc5)c4)c3)c3ccc4c(c3)C(c3ccccc3)(c3ccccc3)c3ccccc3-4)cc3ccccc3c21. The van der Waals surface area contributed by atoms with E-state index in [0.29, 0.717) is 0 Å². The first-order valence-corrected chi connectivity index (χ1v) is 22.1. The average molecular weight is 804 g/mol. The Kier molecular flexibility index (Phi) is 8.49. The number of benzene rings is 10. The molecule has 298 valence electrons. The van der Waals surface area contributed by atoms with Gasteiger partial charge in [0.05, 0.1) is 11.1 Å². The molecule has 63 heavy (non-hydrogen) atoms. The first-order chi connectivity index (χ1) is 31.0. The van der Waals surface area contributed by atoms with Crippen molar-refractivity contribution in [1.82, 2.24) is 0 Å². The van der Waals surface area contributed by atoms with E-state index in [2.05, 4.69) is 255 Å². The zero-order valence-corrected chi connectivity index (χ0v) is 35.5. The van der Waals surface area contributed by atoms with E-state index in [0.717, 1.165) is 11.4 Å². The fraction of sp³-hybridized carbons (Fsp3) is 0.0645. The van der Waals surface area contributed by atoms with Gasteiger partial charge in [0.15, 0.2) is 0 Å². The van der Waals surface area contributed by atoms with Gasteiger partial charge in [-0.3, -0.25) is 0 Å². The minimum atomic E-state index is -0.532. The summed E-state index contributed by atoms with van der Waals surface area (Å²) in [5.74, 6) is 0. The Labute approximate surface area is 370 Å². The lowest BCUT2D eigenvalue weighted by molar-refractivity contribution is 0.666. The molecule has 0 bridgehead atoms. The highest BCUT2D eigenvalue weighted by Gasteiger charge is 2.47.